The lowest BCUT2D eigenvalue weighted by atomic mass is 10.2. The number of hydrogen-bond donors (Lipinski definition) is 2. The van der Waals surface area contributed by atoms with Crippen LogP contribution in [0.1, 0.15) is 18.4 Å². The van der Waals surface area contributed by atoms with E-state index in [9.17, 15) is 4.79 Å². The molecule has 5 heteroatoms. The van der Waals surface area contributed by atoms with Crippen LogP contribution in [0.15, 0.2) is 27.4 Å². The van der Waals surface area contributed by atoms with E-state index in [2.05, 4.69) is 5.32 Å². The molecule has 1 heterocycles. The highest BCUT2D eigenvalue weighted by Gasteiger charge is 2.37. The summed E-state index contributed by atoms with van der Waals surface area (Å²) in [6.07, 6.45) is 2.21. The number of rotatable bonds is 4. The molecular formula is C13H17N3O2. The molecule has 1 aromatic carbocycles. The molecule has 1 aliphatic carbocycles. The van der Waals surface area contributed by atoms with Gasteiger partial charge in [0.2, 0.25) is 0 Å². The van der Waals surface area contributed by atoms with Gasteiger partial charge in [0.15, 0.2) is 5.58 Å². The van der Waals surface area contributed by atoms with Crippen LogP contribution in [0.2, 0.25) is 0 Å². The molecule has 2 aromatic rings. The number of nitrogens with one attached hydrogen (secondary N) is 1. The van der Waals surface area contributed by atoms with E-state index in [0.717, 1.165) is 37.0 Å². The smallest absolute Gasteiger partial charge is 0.408 e. The Morgan fingerprint density at radius 1 is 1.50 bits per heavy atom. The van der Waals surface area contributed by atoms with Crippen molar-refractivity contribution < 1.29 is 4.42 Å². The van der Waals surface area contributed by atoms with Gasteiger partial charge in [-0.15, -0.1) is 0 Å². The molecule has 0 unspecified atom stereocenters. The van der Waals surface area contributed by atoms with Crippen LogP contribution in [-0.2, 0) is 13.6 Å². The first-order valence-electron chi connectivity index (χ1n) is 6.15. The molecule has 0 saturated heterocycles. The first-order valence-corrected chi connectivity index (χ1v) is 6.15. The molecule has 0 radical (unpaired) electrons. The first-order chi connectivity index (χ1) is 8.57. The van der Waals surface area contributed by atoms with Crippen LogP contribution in [0.25, 0.3) is 11.1 Å². The average Bonchev–Trinajstić information content (AvgIpc) is 2.99. The molecule has 1 aliphatic rings. The summed E-state index contributed by atoms with van der Waals surface area (Å²) in [6, 6.07) is 5.81. The zero-order valence-electron chi connectivity index (χ0n) is 10.4. The summed E-state index contributed by atoms with van der Waals surface area (Å²) in [5.41, 5.74) is 8.57. The van der Waals surface area contributed by atoms with Crippen molar-refractivity contribution >= 4 is 11.1 Å². The third kappa shape index (κ3) is 2.07. The van der Waals surface area contributed by atoms with Crippen molar-refractivity contribution in [3.63, 3.8) is 0 Å². The Morgan fingerprint density at radius 2 is 2.28 bits per heavy atom. The van der Waals surface area contributed by atoms with E-state index in [0.29, 0.717) is 5.58 Å². The topological polar surface area (TPSA) is 73.2 Å². The van der Waals surface area contributed by atoms with Crippen LogP contribution in [-0.4, -0.2) is 16.7 Å². The zero-order chi connectivity index (χ0) is 12.8. The Kier molecular flexibility index (Phi) is 2.53. The summed E-state index contributed by atoms with van der Waals surface area (Å²) in [5.74, 6) is -0.325. The highest BCUT2D eigenvalue weighted by atomic mass is 16.4. The van der Waals surface area contributed by atoms with Gasteiger partial charge in [-0.25, -0.2) is 4.79 Å². The van der Waals surface area contributed by atoms with E-state index in [4.69, 9.17) is 10.2 Å². The molecule has 18 heavy (non-hydrogen) atoms. The number of nitrogens with two attached hydrogens (primary N) is 1. The minimum absolute atomic E-state index is 0.0173. The number of oxazole rings is 1. The van der Waals surface area contributed by atoms with Gasteiger partial charge in [0.25, 0.3) is 0 Å². The summed E-state index contributed by atoms with van der Waals surface area (Å²) in [6.45, 7) is 1.58. The molecule has 0 amide bonds. The van der Waals surface area contributed by atoms with Crippen molar-refractivity contribution in [1.82, 2.24) is 9.88 Å². The van der Waals surface area contributed by atoms with Crippen molar-refractivity contribution in [2.45, 2.75) is 24.9 Å². The van der Waals surface area contributed by atoms with Crippen LogP contribution >= 0.6 is 0 Å². The van der Waals surface area contributed by atoms with Gasteiger partial charge in [0.1, 0.15) is 0 Å². The first kappa shape index (κ1) is 11.5. The van der Waals surface area contributed by atoms with E-state index in [1.165, 1.54) is 4.57 Å². The lowest BCUT2D eigenvalue weighted by Gasteiger charge is -2.09. The Morgan fingerprint density at radius 3 is 3.00 bits per heavy atom. The van der Waals surface area contributed by atoms with E-state index in [1.807, 2.05) is 18.2 Å². The van der Waals surface area contributed by atoms with Crippen LogP contribution in [0.4, 0.5) is 0 Å². The quantitative estimate of drug-likeness (QED) is 0.834. The van der Waals surface area contributed by atoms with Crippen LogP contribution < -0.4 is 16.8 Å². The van der Waals surface area contributed by atoms with Crippen molar-refractivity contribution in [3.05, 3.63) is 34.3 Å². The number of nitrogens with zero attached hydrogens (tertiary/aromatic N) is 1. The third-order valence-electron chi connectivity index (χ3n) is 3.56. The van der Waals surface area contributed by atoms with Crippen molar-refractivity contribution in [1.29, 1.82) is 0 Å². The maximum absolute atomic E-state index is 11.4. The summed E-state index contributed by atoms with van der Waals surface area (Å²) >= 11 is 0. The highest BCUT2D eigenvalue weighted by Crippen LogP contribution is 2.31. The third-order valence-corrected chi connectivity index (χ3v) is 3.56. The van der Waals surface area contributed by atoms with Crippen molar-refractivity contribution in [2.24, 2.45) is 12.8 Å². The molecular weight excluding hydrogens is 230 g/mol. The van der Waals surface area contributed by atoms with Crippen LogP contribution in [0, 0.1) is 0 Å². The second kappa shape index (κ2) is 3.96. The largest absolute Gasteiger partial charge is 0.419 e. The van der Waals surface area contributed by atoms with Gasteiger partial charge in [-0.3, -0.25) is 4.57 Å². The summed E-state index contributed by atoms with van der Waals surface area (Å²) < 4.78 is 6.66. The molecule has 0 bridgehead atoms. The van der Waals surface area contributed by atoms with Crippen molar-refractivity contribution in [2.75, 3.05) is 6.54 Å². The van der Waals surface area contributed by atoms with Gasteiger partial charge in [-0.1, -0.05) is 6.07 Å². The van der Waals surface area contributed by atoms with Gasteiger partial charge < -0.3 is 15.5 Å². The predicted molar refractivity (Wildman–Crippen MR) is 69.3 cm³/mol. The van der Waals surface area contributed by atoms with Crippen LogP contribution in [0.3, 0.4) is 0 Å². The minimum atomic E-state index is -0.325. The van der Waals surface area contributed by atoms with Gasteiger partial charge in [-0.2, -0.15) is 0 Å². The maximum atomic E-state index is 11.4. The fourth-order valence-corrected chi connectivity index (χ4v) is 2.08. The van der Waals surface area contributed by atoms with Gasteiger partial charge >= 0.3 is 5.76 Å². The molecule has 1 fully saturated rings. The highest BCUT2D eigenvalue weighted by molar-refractivity contribution is 5.73. The minimum Gasteiger partial charge on any atom is -0.408 e. The Bertz CT molecular complexity index is 637. The summed E-state index contributed by atoms with van der Waals surface area (Å²) in [4.78, 5) is 11.4. The number of benzene rings is 1. The normalized spacial score (nSPS) is 17.2. The van der Waals surface area contributed by atoms with Crippen LogP contribution in [0.5, 0.6) is 0 Å². The Balaban J connectivity index is 1.74. The monoisotopic (exact) mass is 247 g/mol. The fourth-order valence-electron chi connectivity index (χ4n) is 2.08. The molecule has 96 valence electrons. The van der Waals surface area contributed by atoms with E-state index in [-0.39, 0.29) is 11.3 Å². The average molecular weight is 247 g/mol. The van der Waals surface area contributed by atoms with Crippen molar-refractivity contribution in [3.8, 4) is 0 Å². The standard InChI is InChI=1S/C13H17N3O2/c1-16-10-3-2-9(6-11(10)18-12(16)17)7-15-8-13(14)4-5-13/h2-3,6,15H,4-5,7-8,14H2,1H3. The van der Waals surface area contributed by atoms with E-state index < -0.39 is 0 Å². The molecule has 3 rings (SSSR count). The zero-order valence-corrected chi connectivity index (χ0v) is 10.4. The van der Waals surface area contributed by atoms with Gasteiger partial charge in [-0.05, 0) is 30.5 Å². The number of aromatic nitrogens is 1. The molecule has 0 aliphatic heterocycles. The second-order valence-electron chi connectivity index (χ2n) is 5.19. The molecule has 1 aromatic heterocycles. The molecule has 0 spiro atoms. The predicted octanol–water partition coefficient (Wildman–Crippen LogP) is 0.712. The van der Waals surface area contributed by atoms with E-state index in [1.54, 1.807) is 7.05 Å². The molecule has 3 N–H and O–H groups in total. The maximum Gasteiger partial charge on any atom is 0.419 e. The van der Waals surface area contributed by atoms with E-state index >= 15 is 0 Å². The summed E-state index contributed by atoms with van der Waals surface area (Å²) in [7, 11) is 1.71. The number of hydrogen-bond acceptors (Lipinski definition) is 4. The molecule has 5 nitrogen and oxygen atoms in total. The summed E-state index contributed by atoms with van der Waals surface area (Å²) in [5, 5.41) is 3.34. The van der Waals surface area contributed by atoms with Gasteiger partial charge in [0, 0.05) is 25.7 Å². The lowest BCUT2D eigenvalue weighted by molar-refractivity contribution is 0.527. The number of fused-ring (bicyclic) bond motifs is 1. The molecule has 0 atom stereocenters. The second-order valence-corrected chi connectivity index (χ2v) is 5.19. The van der Waals surface area contributed by atoms with Gasteiger partial charge in [0.05, 0.1) is 5.52 Å². The molecule has 1 saturated carbocycles. The SMILES string of the molecule is Cn1c(=O)oc2cc(CNCC3(N)CC3)ccc21. The number of aryl methyl sites for hydroxylation is 1. The Labute approximate surface area is 105 Å². The lowest BCUT2D eigenvalue weighted by Crippen LogP contribution is -2.35. The fraction of sp³-hybridized carbons (Fsp3) is 0.462. The Hall–Kier alpha value is -1.59.